The molecule has 4 aromatic heterocycles. The van der Waals surface area contributed by atoms with Gasteiger partial charge in [-0.2, -0.15) is 0 Å². The fraction of sp³-hybridized carbons (Fsp3) is 0.357. The topological polar surface area (TPSA) is 119 Å². The van der Waals surface area contributed by atoms with Crippen LogP contribution >= 0.6 is 11.3 Å². The van der Waals surface area contributed by atoms with Gasteiger partial charge in [-0.05, 0) is 18.2 Å². The lowest BCUT2D eigenvalue weighted by Crippen LogP contribution is -2.70. The number of carbonyl (C=O) groups is 1. The smallest absolute Gasteiger partial charge is 0.324 e. The summed E-state index contributed by atoms with van der Waals surface area (Å²) in [6.07, 6.45) is 2.44. The first kappa shape index (κ1) is 25.0. The van der Waals surface area contributed by atoms with E-state index in [9.17, 15) is 4.79 Å². The molecule has 2 amide bonds. The summed E-state index contributed by atoms with van der Waals surface area (Å²) in [6.45, 7) is 9.39. The number of amides is 2. The number of carbonyl (C=O) groups excluding carboxylic acids is 1. The number of nitrogens with zero attached hydrogens (tertiary/aromatic N) is 5. The van der Waals surface area contributed by atoms with Gasteiger partial charge < -0.3 is 19.3 Å². The first-order valence-corrected chi connectivity index (χ1v) is 14.0. The number of imidazole rings is 1. The van der Waals surface area contributed by atoms with Crippen LogP contribution < -0.4 is 15.4 Å². The van der Waals surface area contributed by atoms with Crippen molar-refractivity contribution in [2.45, 2.75) is 38.3 Å². The highest BCUT2D eigenvalue weighted by Gasteiger charge is 2.46. The Hall–Kier alpha value is -4.00. The molecule has 6 heterocycles. The molecule has 40 heavy (non-hydrogen) atoms. The van der Waals surface area contributed by atoms with Crippen LogP contribution in [0, 0.1) is 0 Å². The van der Waals surface area contributed by atoms with Gasteiger partial charge >= 0.3 is 6.03 Å². The van der Waals surface area contributed by atoms with Gasteiger partial charge in [-0.15, -0.1) is 0 Å². The summed E-state index contributed by atoms with van der Waals surface area (Å²) in [6, 6.07) is 13.4. The Morgan fingerprint density at radius 1 is 1.15 bits per heavy atom. The van der Waals surface area contributed by atoms with E-state index < -0.39 is 6.03 Å². The maximum Gasteiger partial charge on any atom is 0.324 e. The van der Waals surface area contributed by atoms with E-state index in [1.165, 1.54) is 11.3 Å². The van der Waals surface area contributed by atoms with E-state index in [0.717, 1.165) is 46.3 Å². The number of hydrogen-bond donors (Lipinski definition) is 2. The minimum absolute atomic E-state index is 0.190. The lowest BCUT2D eigenvalue weighted by atomic mass is 9.93. The van der Waals surface area contributed by atoms with Crippen LogP contribution in [0.15, 0.2) is 53.2 Å². The third-order valence-corrected chi connectivity index (χ3v) is 8.25. The van der Waals surface area contributed by atoms with Crippen LogP contribution in [-0.4, -0.2) is 68.9 Å². The van der Waals surface area contributed by atoms with Crippen molar-refractivity contribution in [2.75, 3.05) is 36.9 Å². The number of fused-ring (bicyclic) bond motifs is 4. The lowest BCUT2D eigenvalue weighted by Gasteiger charge is -2.54. The van der Waals surface area contributed by atoms with Gasteiger partial charge in [0.2, 0.25) is 5.88 Å². The van der Waals surface area contributed by atoms with Crippen molar-refractivity contribution in [2.24, 2.45) is 0 Å². The molecule has 12 heteroatoms. The molecule has 11 nitrogen and oxygen atoms in total. The summed E-state index contributed by atoms with van der Waals surface area (Å²) in [7, 11) is 0. The number of anilines is 2. The summed E-state index contributed by atoms with van der Waals surface area (Å²) in [5.74, 6) is 1.69. The summed E-state index contributed by atoms with van der Waals surface area (Å²) >= 11 is 1.53. The SMILES string of the molecule is CC(C)(C)c1cc(NC(=O)Nc2ccc(-c3cn4c(n3)sc3nc(OCCN5C[C@H]6OCC65)ccc34)cc2)no1. The normalized spacial score (nSPS) is 18.8. The quantitative estimate of drug-likeness (QED) is 0.286. The second-order valence-corrected chi connectivity index (χ2v) is 12.1. The van der Waals surface area contributed by atoms with Gasteiger partial charge in [-0.25, -0.2) is 14.8 Å². The van der Waals surface area contributed by atoms with Crippen LogP contribution in [0.5, 0.6) is 5.88 Å². The summed E-state index contributed by atoms with van der Waals surface area (Å²) < 4.78 is 18.7. The Morgan fingerprint density at radius 3 is 2.70 bits per heavy atom. The van der Waals surface area contributed by atoms with Crippen LogP contribution in [0.3, 0.4) is 0 Å². The molecule has 5 aromatic rings. The molecule has 2 aliphatic rings. The van der Waals surface area contributed by atoms with E-state index in [1.807, 2.05) is 67.8 Å². The zero-order chi connectivity index (χ0) is 27.4. The summed E-state index contributed by atoms with van der Waals surface area (Å²) in [5, 5.41) is 9.44. The number of ether oxygens (including phenoxy) is 2. The number of urea groups is 1. The molecule has 2 aliphatic heterocycles. The largest absolute Gasteiger partial charge is 0.476 e. The predicted octanol–water partition coefficient (Wildman–Crippen LogP) is 5.00. The van der Waals surface area contributed by atoms with Crippen molar-refractivity contribution in [3.05, 3.63) is 54.4 Å². The van der Waals surface area contributed by atoms with Gasteiger partial charge in [0.1, 0.15) is 17.2 Å². The number of pyridine rings is 1. The van der Waals surface area contributed by atoms with E-state index in [0.29, 0.717) is 41.9 Å². The number of aromatic nitrogens is 4. The first-order valence-electron chi connectivity index (χ1n) is 13.2. The third kappa shape index (κ3) is 4.67. The highest BCUT2D eigenvalue weighted by molar-refractivity contribution is 7.23. The van der Waals surface area contributed by atoms with Gasteiger partial charge in [0.05, 0.1) is 30.0 Å². The average Bonchev–Trinajstić information content (AvgIpc) is 3.61. The van der Waals surface area contributed by atoms with Gasteiger partial charge in [0.25, 0.3) is 0 Å². The number of hydrogen-bond acceptors (Lipinski definition) is 9. The Labute approximate surface area is 234 Å². The summed E-state index contributed by atoms with van der Waals surface area (Å²) in [5.41, 5.74) is 3.23. The molecule has 0 saturated carbocycles. The maximum absolute atomic E-state index is 12.4. The summed E-state index contributed by atoms with van der Waals surface area (Å²) in [4.78, 5) is 26.1. The van der Waals surface area contributed by atoms with Gasteiger partial charge in [0, 0.05) is 48.1 Å². The number of nitrogens with one attached hydrogen (secondary N) is 2. The molecule has 0 aliphatic carbocycles. The second-order valence-electron chi connectivity index (χ2n) is 11.1. The maximum atomic E-state index is 12.4. The molecule has 1 unspecified atom stereocenters. The molecule has 0 bridgehead atoms. The van der Waals surface area contributed by atoms with Crippen LogP contribution in [0.1, 0.15) is 26.5 Å². The zero-order valence-corrected chi connectivity index (χ0v) is 23.2. The third-order valence-electron chi connectivity index (χ3n) is 7.29. The Bertz CT molecular complexity index is 1700. The minimum Gasteiger partial charge on any atom is -0.476 e. The molecule has 7 rings (SSSR count). The molecule has 2 N–H and O–H groups in total. The van der Waals surface area contributed by atoms with E-state index in [1.54, 1.807) is 6.07 Å². The lowest BCUT2D eigenvalue weighted by molar-refractivity contribution is -0.215. The minimum atomic E-state index is -0.395. The molecule has 0 radical (unpaired) electrons. The predicted molar refractivity (Wildman–Crippen MR) is 152 cm³/mol. The van der Waals surface area contributed by atoms with E-state index in [4.69, 9.17) is 24.0 Å². The van der Waals surface area contributed by atoms with Crippen LogP contribution in [-0.2, 0) is 10.2 Å². The van der Waals surface area contributed by atoms with E-state index in [2.05, 4.69) is 20.7 Å². The van der Waals surface area contributed by atoms with Gasteiger partial charge in [-0.1, -0.05) is 49.4 Å². The first-order chi connectivity index (χ1) is 19.3. The molecule has 2 fully saturated rings. The molecule has 1 aromatic carbocycles. The highest BCUT2D eigenvalue weighted by atomic mass is 32.1. The Kier molecular flexibility index (Phi) is 5.99. The van der Waals surface area contributed by atoms with Crippen molar-refractivity contribution in [3.63, 3.8) is 0 Å². The fourth-order valence-corrected chi connectivity index (χ4v) is 5.84. The van der Waals surface area contributed by atoms with Gasteiger partial charge in [0.15, 0.2) is 10.8 Å². The molecular formula is C28H29N7O4S. The van der Waals surface area contributed by atoms with E-state index >= 15 is 0 Å². The van der Waals surface area contributed by atoms with Crippen molar-refractivity contribution in [1.82, 2.24) is 24.4 Å². The molecule has 2 atom stereocenters. The Morgan fingerprint density at radius 2 is 2.00 bits per heavy atom. The van der Waals surface area contributed by atoms with Crippen LogP contribution in [0.2, 0.25) is 0 Å². The molecule has 0 spiro atoms. The second kappa shape index (κ2) is 9.58. The van der Waals surface area contributed by atoms with Crippen molar-refractivity contribution < 1.29 is 18.8 Å². The molecule has 206 valence electrons. The standard InChI is InChI=1S/C28H29N7O4S/c1-28(2,3)22-12-23(33-39-22)31-26(36)29-17-6-4-16(5-7-17)18-13-35-19-8-9-24(32-25(19)40-27(35)30-18)37-11-10-34-14-21-20(34)15-38-21/h4-9,12-13,20-21H,10-11,14-15H2,1-3H3,(H2,29,31,33,36)/t20?,21-/m1/s1. The van der Waals surface area contributed by atoms with Crippen molar-refractivity contribution in [3.8, 4) is 17.1 Å². The van der Waals surface area contributed by atoms with Gasteiger partial charge in [-0.3, -0.25) is 14.6 Å². The number of morpholine rings is 1. The zero-order valence-electron chi connectivity index (χ0n) is 22.4. The van der Waals surface area contributed by atoms with Crippen molar-refractivity contribution in [1.29, 1.82) is 0 Å². The monoisotopic (exact) mass is 559 g/mol. The van der Waals surface area contributed by atoms with Crippen molar-refractivity contribution >= 4 is 44.2 Å². The Balaban J connectivity index is 0.980. The number of thiazole rings is 1. The molecule has 2 saturated heterocycles. The van der Waals surface area contributed by atoms with E-state index in [-0.39, 0.29) is 5.41 Å². The highest BCUT2D eigenvalue weighted by Crippen LogP contribution is 2.31. The average molecular weight is 560 g/mol. The fourth-order valence-electron chi connectivity index (χ4n) is 4.87. The van der Waals surface area contributed by atoms with Crippen LogP contribution in [0.4, 0.5) is 16.3 Å². The number of likely N-dealkylation sites (tertiary alicyclic amines) is 1. The molecular weight excluding hydrogens is 530 g/mol. The number of rotatable bonds is 7. The number of benzene rings is 1. The van der Waals surface area contributed by atoms with Crippen LogP contribution in [0.25, 0.3) is 26.6 Å².